The van der Waals surface area contributed by atoms with Crippen molar-refractivity contribution in [3.8, 4) is 17.2 Å². The Labute approximate surface area is 215 Å². The number of benzene rings is 2. The highest BCUT2D eigenvalue weighted by atomic mass is 127. The molecule has 0 aliphatic carbocycles. The lowest BCUT2D eigenvalue weighted by molar-refractivity contribution is 0.171. The molecule has 2 aromatic carbocycles. The summed E-state index contributed by atoms with van der Waals surface area (Å²) in [5.41, 5.74) is 3.48. The van der Waals surface area contributed by atoms with Gasteiger partial charge in [-0.2, -0.15) is 0 Å². The molecule has 0 saturated carbocycles. The number of nitrogens with one attached hydrogen (secondary N) is 2. The van der Waals surface area contributed by atoms with Crippen LogP contribution in [-0.2, 0) is 17.7 Å². The summed E-state index contributed by atoms with van der Waals surface area (Å²) >= 11 is 0. The predicted octanol–water partition coefficient (Wildman–Crippen LogP) is 4.34. The molecule has 0 heterocycles. The minimum absolute atomic E-state index is 0. The smallest absolute Gasteiger partial charge is 0.191 e. The Hall–Kier alpha value is -2.20. The molecule has 2 rings (SSSR count). The minimum Gasteiger partial charge on any atom is -0.493 e. The Morgan fingerprint density at radius 1 is 0.879 bits per heavy atom. The molecule has 0 bridgehead atoms. The first-order chi connectivity index (χ1) is 15.6. The number of aryl methyl sites for hydroxylation is 2. The number of hydrogen-bond acceptors (Lipinski definition) is 5. The maximum atomic E-state index is 5.97. The van der Waals surface area contributed by atoms with E-state index in [0.29, 0.717) is 19.8 Å². The summed E-state index contributed by atoms with van der Waals surface area (Å²) in [5, 5.41) is 6.75. The molecule has 0 unspecified atom stereocenters. The van der Waals surface area contributed by atoms with E-state index < -0.39 is 0 Å². The van der Waals surface area contributed by atoms with Gasteiger partial charge in [-0.25, -0.2) is 0 Å². The van der Waals surface area contributed by atoms with Crippen LogP contribution in [0.25, 0.3) is 0 Å². The number of ether oxygens (including phenoxy) is 4. The Bertz CT molecular complexity index is 862. The van der Waals surface area contributed by atoms with E-state index in [2.05, 4.69) is 46.8 Å². The van der Waals surface area contributed by atoms with Gasteiger partial charge in [0.05, 0.1) is 20.8 Å². The van der Waals surface area contributed by atoms with Crippen LogP contribution in [0, 0.1) is 6.92 Å². The number of rotatable bonds is 13. The third kappa shape index (κ3) is 10.1. The second-order valence-electron chi connectivity index (χ2n) is 7.45. The zero-order valence-corrected chi connectivity index (χ0v) is 22.7. The van der Waals surface area contributed by atoms with Crippen LogP contribution in [0.4, 0.5) is 0 Å². The molecule has 0 amide bonds. The van der Waals surface area contributed by atoms with Crippen LogP contribution in [-0.4, -0.2) is 54.1 Å². The lowest BCUT2D eigenvalue weighted by Crippen LogP contribution is -2.37. The van der Waals surface area contributed by atoms with E-state index in [-0.39, 0.29) is 24.0 Å². The predicted molar refractivity (Wildman–Crippen MR) is 145 cm³/mol. The van der Waals surface area contributed by atoms with Crippen molar-refractivity contribution in [1.29, 1.82) is 0 Å². The standard InChI is InChI=1S/C25H37N3O4.HI/c1-19-9-11-21(23(16-19)32-15-7-14-29-3)18-28-25(26-2)27-13-6-8-20-10-12-22(30-4)24(17-20)31-5;/h9-12,16-17H,6-8,13-15,18H2,1-5H3,(H2,26,27,28);1H. The summed E-state index contributed by atoms with van der Waals surface area (Å²) in [6.07, 6.45) is 2.76. The maximum Gasteiger partial charge on any atom is 0.191 e. The molecule has 2 aromatic rings. The number of methoxy groups -OCH3 is 3. The molecule has 0 saturated heterocycles. The molecule has 7 nitrogen and oxygen atoms in total. The van der Waals surface area contributed by atoms with Crippen molar-refractivity contribution in [2.45, 2.75) is 32.7 Å². The van der Waals surface area contributed by atoms with Crippen molar-refractivity contribution in [3.05, 3.63) is 53.1 Å². The van der Waals surface area contributed by atoms with Crippen LogP contribution in [0.1, 0.15) is 29.5 Å². The van der Waals surface area contributed by atoms with Crippen molar-refractivity contribution < 1.29 is 18.9 Å². The highest BCUT2D eigenvalue weighted by molar-refractivity contribution is 14.0. The molecule has 184 valence electrons. The molecular formula is C25H38IN3O4. The van der Waals surface area contributed by atoms with Gasteiger partial charge in [-0.15, -0.1) is 24.0 Å². The zero-order valence-electron chi connectivity index (χ0n) is 20.4. The molecule has 8 heteroatoms. The van der Waals surface area contributed by atoms with Gasteiger partial charge in [0, 0.05) is 45.8 Å². The first-order valence-electron chi connectivity index (χ1n) is 11.0. The fourth-order valence-corrected chi connectivity index (χ4v) is 3.26. The fourth-order valence-electron chi connectivity index (χ4n) is 3.26. The van der Waals surface area contributed by atoms with Gasteiger partial charge in [0.15, 0.2) is 17.5 Å². The van der Waals surface area contributed by atoms with E-state index in [1.807, 2.05) is 12.1 Å². The van der Waals surface area contributed by atoms with E-state index in [0.717, 1.165) is 54.6 Å². The first-order valence-corrected chi connectivity index (χ1v) is 11.0. The van der Waals surface area contributed by atoms with Gasteiger partial charge in [0.25, 0.3) is 0 Å². The summed E-state index contributed by atoms with van der Waals surface area (Å²) < 4.78 is 21.7. The number of aliphatic imine (C=N–C) groups is 1. The van der Waals surface area contributed by atoms with Gasteiger partial charge in [-0.05, 0) is 49.1 Å². The molecular weight excluding hydrogens is 533 g/mol. The molecule has 0 spiro atoms. The van der Waals surface area contributed by atoms with E-state index in [9.17, 15) is 0 Å². The molecule has 0 aliphatic heterocycles. The average Bonchev–Trinajstić information content (AvgIpc) is 2.82. The number of hydrogen-bond donors (Lipinski definition) is 2. The van der Waals surface area contributed by atoms with Crippen LogP contribution in [0.3, 0.4) is 0 Å². The summed E-state index contributed by atoms with van der Waals surface area (Å²) in [7, 11) is 6.78. The second-order valence-corrected chi connectivity index (χ2v) is 7.45. The molecule has 0 atom stereocenters. The van der Waals surface area contributed by atoms with Crippen LogP contribution in [0.2, 0.25) is 0 Å². The van der Waals surface area contributed by atoms with Crippen molar-refractivity contribution in [2.24, 2.45) is 4.99 Å². The van der Waals surface area contributed by atoms with Gasteiger partial charge in [0.2, 0.25) is 0 Å². The quantitative estimate of drug-likeness (QED) is 0.161. The zero-order chi connectivity index (χ0) is 23.2. The molecule has 0 aromatic heterocycles. The molecule has 0 radical (unpaired) electrons. The van der Waals surface area contributed by atoms with Gasteiger partial charge in [-0.3, -0.25) is 4.99 Å². The van der Waals surface area contributed by atoms with Gasteiger partial charge < -0.3 is 29.6 Å². The Balaban J connectivity index is 0.00000544. The summed E-state index contributed by atoms with van der Waals surface area (Å²) in [5.74, 6) is 3.17. The average molecular weight is 572 g/mol. The van der Waals surface area contributed by atoms with E-state index >= 15 is 0 Å². The Morgan fingerprint density at radius 3 is 2.36 bits per heavy atom. The molecule has 0 fully saturated rings. The fraction of sp³-hybridized carbons (Fsp3) is 0.480. The SMILES string of the molecule is CN=C(NCCCc1ccc(OC)c(OC)c1)NCc1ccc(C)cc1OCCCOC.I. The first kappa shape index (κ1) is 28.8. The van der Waals surface area contributed by atoms with E-state index in [4.69, 9.17) is 18.9 Å². The van der Waals surface area contributed by atoms with Crippen LogP contribution in [0.15, 0.2) is 41.4 Å². The normalized spacial score (nSPS) is 10.9. The number of nitrogens with zero attached hydrogens (tertiary/aromatic N) is 1. The highest BCUT2D eigenvalue weighted by Gasteiger charge is 2.07. The number of guanidine groups is 1. The number of halogens is 1. The summed E-state index contributed by atoms with van der Waals surface area (Å²) in [4.78, 5) is 4.33. The van der Waals surface area contributed by atoms with Crippen LogP contribution < -0.4 is 24.8 Å². The van der Waals surface area contributed by atoms with E-state index in [1.165, 1.54) is 11.1 Å². The lowest BCUT2D eigenvalue weighted by atomic mass is 10.1. The van der Waals surface area contributed by atoms with Crippen molar-refractivity contribution in [1.82, 2.24) is 10.6 Å². The maximum absolute atomic E-state index is 5.97. The topological polar surface area (TPSA) is 73.3 Å². The summed E-state index contributed by atoms with van der Waals surface area (Å²) in [6, 6.07) is 12.3. The molecule has 2 N–H and O–H groups in total. The minimum atomic E-state index is 0. The monoisotopic (exact) mass is 571 g/mol. The van der Waals surface area contributed by atoms with E-state index in [1.54, 1.807) is 28.4 Å². The molecule has 0 aliphatic rings. The third-order valence-electron chi connectivity index (χ3n) is 5.03. The van der Waals surface area contributed by atoms with Gasteiger partial charge >= 0.3 is 0 Å². The van der Waals surface area contributed by atoms with Gasteiger partial charge in [-0.1, -0.05) is 18.2 Å². The Kier molecular flexibility index (Phi) is 14.3. The summed E-state index contributed by atoms with van der Waals surface area (Å²) in [6.45, 7) is 4.84. The lowest BCUT2D eigenvalue weighted by Gasteiger charge is -2.15. The van der Waals surface area contributed by atoms with Gasteiger partial charge in [0.1, 0.15) is 5.75 Å². The van der Waals surface area contributed by atoms with Crippen LogP contribution >= 0.6 is 24.0 Å². The van der Waals surface area contributed by atoms with Crippen molar-refractivity contribution >= 4 is 29.9 Å². The molecule has 33 heavy (non-hydrogen) atoms. The Morgan fingerprint density at radius 2 is 1.67 bits per heavy atom. The highest BCUT2D eigenvalue weighted by Crippen LogP contribution is 2.27. The largest absolute Gasteiger partial charge is 0.493 e. The third-order valence-corrected chi connectivity index (χ3v) is 5.03. The second kappa shape index (κ2) is 16.4. The van der Waals surface area contributed by atoms with Crippen molar-refractivity contribution in [3.63, 3.8) is 0 Å². The van der Waals surface area contributed by atoms with Crippen molar-refractivity contribution in [2.75, 3.05) is 48.1 Å². The van der Waals surface area contributed by atoms with Crippen LogP contribution in [0.5, 0.6) is 17.2 Å².